The molecule has 17 heavy (non-hydrogen) atoms. The van der Waals surface area contributed by atoms with Crippen LogP contribution in [0.25, 0.3) is 0 Å². The first-order chi connectivity index (χ1) is 7.81. The van der Waals surface area contributed by atoms with Gasteiger partial charge in [-0.1, -0.05) is 0 Å². The monoisotopic (exact) mass is 258 g/mol. The second kappa shape index (κ2) is 5.31. The summed E-state index contributed by atoms with van der Waals surface area (Å²) in [5.41, 5.74) is 0. The van der Waals surface area contributed by atoms with Crippen molar-refractivity contribution >= 4 is 21.5 Å². The molecule has 1 N–H and O–H groups in total. The minimum Gasteiger partial charge on any atom is -0.373 e. The number of aromatic nitrogens is 2. The number of sulfone groups is 1. The second-order valence-electron chi connectivity index (χ2n) is 3.96. The highest BCUT2D eigenvalue weighted by Crippen LogP contribution is 2.13. The summed E-state index contributed by atoms with van der Waals surface area (Å²) in [7, 11) is 0.638. The van der Waals surface area contributed by atoms with Gasteiger partial charge in [-0.25, -0.2) is 18.4 Å². The molecule has 0 aliphatic rings. The molecule has 1 aromatic heterocycles. The van der Waals surface area contributed by atoms with Gasteiger partial charge < -0.3 is 10.2 Å². The van der Waals surface area contributed by atoms with E-state index in [-0.39, 0.29) is 5.75 Å². The fourth-order valence-corrected chi connectivity index (χ4v) is 1.90. The van der Waals surface area contributed by atoms with Crippen molar-refractivity contribution in [3.8, 4) is 0 Å². The van der Waals surface area contributed by atoms with Gasteiger partial charge in [-0.05, 0) is 6.92 Å². The molecule has 0 unspecified atom stereocenters. The molecule has 0 fully saturated rings. The van der Waals surface area contributed by atoms with Gasteiger partial charge in [-0.3, -0.25) is 0 Å². The van der Waals surface area contributed by atoms with Crippen LogP contribution in [0, 0.1) is 6.92 Å². The highest BCUT2D eigenvalue weighted by Gasteiger charge is 2.09. The number of anilines is 2. The fraction of sp³-hybridized carbons (Fsp3) is 0.600. The maximum Gasteiger partial charge on any atom is 0.149 e. The van der Waals surface area contributed by atoms with Crippen molar-refractivity contribution < 1.29 is 8.42 Å². The summed E-state index contributed by atoms with van der Waals surface area (Å²) in [4.78, 5) is 10.2. The number of aryl methyl sites for hydroxylation is 1. The van der Waals surface area contributed by atoms with Gasteiger partial charge in [0.15, 0.2) is 0 Å². The lowest BCUT2D eigenvalue weighted by Gasteiger charge is -2.18. The summed E-state index contributed by atoms with van der Waals surface area (Å²) in [6.07, 6.45) is 1.23. The zero-order valence-electron chi connectivity index (χ0n) is 10.6. The molecule has 6 nitrogen and oxygen atoms in total. The summed E-state index contributed by atoms with van der Waals surface area (Å²) in [5.74, 6) is 2.20. The van der Waals surface area contributed by atoms with Crippen LogP contribution < -0.4 is 10.2 Å². The van der Waals surface area contributed by atoms with Crippen LogP contribution in [0.5, 0.6) is 0 Å². The van der Waals surface area contributed by atoms with E-state index >= 15 is 0 Å². The molecule has 1 heterocycles. The number of hydrogen-bond donors (Lipinski definition) is 1. The molecular weight excluding hydrogens is 240 g/mol. The van der Waals surface area contributed by atoms with Gasteiger partial charge >= 0.3 is 0 Å². The Bertz CT molecular complexity index is 487. The van der Waals surface area contributed by atoms with Gasteiger partial charge in [-0.2, -0.15) is 0 Å². The van der Waals surface area contributed by atoms with E-state index in [0.29, 0.717) is 18.2 Å². The third-order valence-corrected chi connectivity index (χ3v) is 3.19. The Morgan fingerprint density at radius 1 is 1.41 bits per heavy atom. The molecule has 0 aliphatic heterocycles. The van der Waals surface area contributed by atoms with Crippen molar-refractivity contribution in [2.45, 2.75) is 6.92 Å². The largest absolute Gasteiger partial charge is 0.373 e. The maximum absolute atomic E-state index is 11.1. The van der Waals surface area contributed by atoms with E-state index in [1.807, 2.05) is 7.05 Å². The summed E-state index contributed by atoms with van der Waals surface area (Å²) >= 11 is 0. The first-order valence-corrected chi connectivity index (χ1v) is 7.30. The quantitative estimate of drug-likeness (QED) is 0.819. The average Bonchev–Trinajstić information content (AvgIpc) is 2.23. The zero-order chi connectivity index (χ0) is 13.1. The molecule has 1 rings (SSSR count). The van der Waals surface area contributed by atoms with Crippen molar-refractivity contribution in [3.05, 3.63) is 11.9 Å². The molecule has 0 aromatic carbocycles. The number of nitrogens with zero attached hydrogens (tertiary/aromatic N) is 3. The van der Waals surface area contributed by atoms with Crippen LogP contribution in [0.3, 0.4) is 0 Å². The SMILES string of the molecule is CNc1cc(N(C)CCS(C)(=O)=O)nc(C)n1. The average molecular weight is 258 g/mol. The summed E-state index contributed by atoms with van der Waals surface area (Å²) in [6, 6.07) is 1.79. The molecule has 0 radical (unpaired) electrons. The Morgan fingerprint density at radius 3 is 2.59 bits per heavy atom. The highest BCUT2D eigenvalue weighted by molar-refractivity contribution is 7.90. The molecule has 0 saturated heterocycles. The van der Waals surface area contributed by atoms with Crippen molar-refractivity contribution in [1.82, 2.24) is 9.97 Å². The van der Waals surface area contributed by atoms with Crippen LogP contribution in [-0.2, 0) is 9.84 Å². The summed E-state index contributed by atoms with van der Waals surface area (Å²) < 4.78 is 22.2. The molecule has 0 spiro atoms. The van der Waals surface area contributed by atoms with Gasteiger partial charge in [0.2, 0.25) is 0 Å². The maximum atomic E-state index is 11.1. The van der Waals surface area contributed by atoms with Gasteiger partial charge in [0.05, 0.1) is 5.75 Å². The van der Waals surface area contributed by atoms with Crippen LogP contribution >= 0.6 is 0 Å². The van der Waals surface area contributed by atoms with Crippen molar-refractivity contribution in [1.29, 1.82) is 0 Å². The molecule has 0 aliphatic carbocycles. The lowest BCUT2D eigenvalue weighted by Crippen LogP contribution is -2.26. The van der Waals surface area contributed by atoms with E-state index in [4.69, 9.17) is 0 Å². The lowest BCUT2D eigenvalue weighted by molar-refractivity contribution is 0.601. The normalized spacial score (nSPS) is 11.3. The Kier molecular flexibility index (Phi) is 4.28. The van der Waals surface area contributed by atoms with E-state index in [0.717, 1.165) is 5.82 Å². The van der Waals surface area contributed by atoms with Gasteiger partial charge in [0, 0.05) is 33.0 Å². The topological polar surface area (TPSA) is 75.2 Å². The molecule has 0 amide bonds. The molecule has 0 bridgehead atoms. The van der Waals surface area contributed by atoms with E-state index in [1.54, 1.807) is 24.9 Å². The number of nitrogens with one attached hydrogen (secondary N) is 1. The van der Waals surface area contributed by atoms with Crippen LogP contribution in [0.4, 0.5) is 11.6 Å². The van der Waals surface area contributed by atoms with E-state index in [9.17, 15) is 8.42 Å². The van der Waals surface area contributed by atoms with Crippen LogP contribution in [0.2, 0.25) is 0 Å². The minimum absolute atomic E-state index is 0.113. The van der Waals surface area contributed by atoms with Crippen LogP contribution in [0.15, 0.2) is 6.07 Å². The molecule has 0 atom stereocenters. The second-order valence-corrected chi connectivity index (χ2v) is 6.22. The molecule has 0 saturated carbocycles. The third-order valence-electron chi connectivity index (χ3n) is 2.27. The summed E-state index contributed by atoms with van der Waals surface area (Å²) in [6.45, 7) is 2.22. The third kappa shape index (κ3) is 4.56. The Balaban J connectivity index is 2.81. The molecular formula is C10H18N4O2S. The smallest absolute Gasteiger partial charge is 0.149 e. The zero-order valence-corrected chi connectivity index (χ0v) is 11.4. The number of hydrogen-bond acceptors (Lipinski definition) is 6. The van der Waals surface area contributed by atoms with Crippen molar-refractivity contribution in [2.24, 2.45) is 0 Å². The van der Waals surface area contributed by atoms with Crippen molar-refractivity contribution in [3.63, 3.8) is 0 Å². The molecule has 1 aromatic rings. The highest BCUT2D eigenvalue weighted by atomic mass is 32.2. The lowest BCUT2D eigenvalue weighted by atomic mass is 10.4. The summed E-state index contributed by atoms with van der Waals surface area (Å²) in [5, 5.41) is 2.94. The van der Waals surface area contributed by atoms with Gasteiger partial charge in [0.25, 0.3) is 0 Å². The first-order valence-electron chi connectivity index (χ1n) is 5.24. The van der Waals surface area contributed by atoms with Crippen LogP contribution in [0.1, 0.15) is 5.82 Å². The standard InChI is InChI=1S/C10H18N4O2S/c1-8-12-9(11-2)7-10(13-8)14(3)5-6-17(4,15)16/h7H,5-6H2,1-4H3,(H,11,12,13). The van der Waals surface area contributed by atoms with Crippen LogP contribution in [-0.4, -0.2) is 51.0 Å². The minimum atomic E-state index is -2.95. The molecule has 96 valence electrons. The fourth-order valence-electron chi connectivity index (χ4n) is 1.29. The van der Waals surface area contributed by atoms with Crippen molar-refractivity contribution in [2.75, 3.05) is 42.9 Å². The Morgan fingerprint density at radius 2 is 2.06 bits per heavy atom. The Labute approximate surface area is 102 Å². The first kappa shape index (κ1) is 13.7. The van der Waals surface area contributed by atoms with E-state index < -0.39 is 9.84 Å². The van der Waals surface area contributed by atoms with Gasteiger partial charge in [0.1, 0.15) is 27.3 Å². The van der Waals surface area contributed by atoms with E-state index in [1.165, 1.54) is 6.26 Å². The Hall–Kier alpha value is -1.37. The van der Waals surface area contributed by atoms with Gasteiger partial charge in [-0.15, -0.1) is 0 Å². The predicted molar refractivity (Wildman–Crippen MR) is 69.3 cm³/mol. The number of rotatable bonds is 5. The predicted octanol–water partition coefficient (Wildman–Crippen LogP) is 0.308. The molecule has 7 heteroatoms. The van der Waals surface area contributed by atoms with E-state index in [2.05, 4.69) is 15.3 Å².